The molecule has 1 amide bonds. The highest BCUT2D eigenvalue weighted by molar-refractivity contribution is 6.12. The van der Waals surface area contributed by atoms with E-state index in [4.69, 9.17) is 9.47 Å². The van der Waals surface area contributed by atoms with E-state index in [1.807, 2.05) is 6.92 Å². The van der Waals surface area contributed by atoms with E-state index in [1.54, 1.807) is 56.6 Å². The number of ether oxygens (including phenoxy) is 2. The van der Waals surface area contributed by atoms with Crippen LogP contribution in [-0.2, 0) is 6.54 Å². The number of carbonyl (C=O) groups excluding carboxylic acids is 1. The molecule has 0 aliphatic heterocycles. The highest BCUT2D eigenvalue weighted by Crippen LogP contribution is 2.31. The highest BCUT2D eigenvalue weighted by Gasteiger charge is 2.21. The number of benzene rings is 2. The lowest BCUT2D eigenvalue weighted by Gasteiger charge is -2.20. The smallest absolute Gasteiger partial charge is 0.279 e. The second-order valence-electron chi connectivity index (χ2n) is 5.92. The van der Waals surface area contributed by atoms with Gasteiger partial charge in [-0.3, -0.25) is 9.59 Å². The summed E-state index contributed by atoms with van der Waals surface area (Å²) in [6.45, 7) is 2.19. The predicted molar refractivity (Wildman–Crippen MR) is 104 cm³/mol. The number of hydrogen-bond donors (Lipinski definition) is 0. The van der Waals surface area contributed by atoms with E-state index in [-0.39, 0.29) is 17.2 Å². The minimum Gasteiger partial charge on any atom is -0.493 e. The fourth-order valence-electron chi connectivity index (χ4n) is 2.92. The van der Waals surface area contributed by atoms with Gasteiger partial charge >= 0.3 is 0 Å². The number of hydrogen-bond acceptors (Lipinski definition) is 5. The monoisotopic (exact) mass is 367 g/mol. The summed E-state index contributed by atoms with van der Waals surface area (Å²) in [4.78, 5) is 27.1. The lowest BCUT2D eigenvalue weighted by Crippen LogP contribution is -2.31. The number of anilines is 1. The number of methoxy groups -OCH3 is 2. The van der Waals surface area contributed by atoms with E-state index >= 15 is 0 Å². The maximum absolute atomic E-state index is 13.2. The van der Waals surface area contributed by atoms with Gasteiger partial charge < -0.3 is 14.4 Å². The van der Waals surface area contributed by atoms with Crippen LogP contribution in [0.25, 0.3) is 10.8 Å². The first kappa shape index (κ1) is 18.4. The van der Waals surface area contributed by atoms with E-state index in [1.165, 1.54) is 16.7 Å². The Labute approximate surface area is 156 Å². The summed E-state index contributed by atoms with van der Waals surface area (Å²) in [5.74, 6) is 0.775. The van der Waals surface area contributed by atoms with Crippen molar-refractivity contribution in [3.8, 4) is 11.5 Å². The molecule has 1 heterocycles. The molecular formula is C20H21N3O4. The van der Waals surface area contributed by atoms with Crippen LogP contribution in [0, 0.1) is 0 Å². The molecule has 0 saturated carbocycles. The topological polar surface area (TPSA) is 73.7 Å². The first-order chi connectivity index (χ1) is 13.0. The summed E-state index contributed by atoms with van der Waals surface area (Å²) in [6.07, 6.45) is 0. The SMILES string of the molecule is CCn1nc(C(=O)N(C)c2ccc(OC)c(OC)c2)c2ccccc2c1=O. The summed E-state index contributed by atoms with van der Waals surface area (Å²) in [7, 11) is 4.74. The van der Waals surface area contributed by atoms with Gasteiger partial charge in [-0.25, -0.2) is 4.68 Å². The molecule has 3 rings (SSSR count). The number of rotatable bonds is 5. The van der Waals surface area contributed by atoms with Gasteiger partial charge in [0.1, 0.15) is 0 Å². The molecule has 0 radical (unpaired) electrons. The molecule has 0 fully saturated rings. The highest BCUT2D eigenvalue weighted by atomic mass is 16.5. The molecular weight excluding hydrogens is 346 g/mol. The molecule has 7 heteroatoms. The summed E-state index contributed by atoms with van der Waals surface area (Å²) < 4.78 is 11.9. The fourth-order valence-corrected chi connectivity index (χ4v) is 2.92. The third kappa shape index (κ3) is 3.23. The Bertz CT molecular complexity index is 1060. The van der Waals surface area contributed by atoms with Crippen LogP contribution in [0.2, 0.25) is 0 Å². The average molecular weight is 367 g/mol. The second kappa shape index (κ2) is 7.49. The van der Waals surface area contributed by atoms with Crippen LogP contribution in [0.5, 0.6) is 11.5 Å². The Hall–Kier alpha value is -3.35. The summed E-state index contributed by atoms with van der Waals surface area (Å²) in [5.41, 5.74) is 0.639. The van der Waals surface area contributed by atoms with Crippen molar-refractivity contribution in [3.63, 3.8) is 0 Å². The molecule has 0 aliphatic carbocycles. The van der Waals surface area contributed by atoms with Gasteiger partial charge in [0.05, 0.1) is 19.6 Å². The van der Waals surface area contributed by atoms with E-state index in [9.17, 15) is 9.59 Å². The van der Waals surface area contributed by atoms with Crippen molar-refractivity contribution in [2.45, 2.75) is 13.5 Å². The molecule has 3 aromatic rings. The Kier molecular flexibility index (Phi) is 5.12. The Balaban J connectivity index is 2.11. The van der Waals surface area contributed by atoms with Gasteiger partial charge in [-0.2, -0.15) is 5.10 Å². The first-order valence-corrected chi connectivity index (χ1v) is 8.51. The zero-order valence-electron chi connectivity index (χ0n) is 15.7. The van der Waals surface area contributed by atoms with E-state index in [2.05, 4.69) is 5.10 Å². The van der Waals surface area contributed by atoms with Crippen LogP contribution in [0.15, 0.2) is 47.3 Å². The number of nitrogens with zero attached hydrogens (tertiary/aromatic N) is 3. The van der Waals surface area contributed by atoms with E-state index in [0.29, 0.717) is 34.5 Å². The Morgan fingerprint density at radius 3 is 2.37 bits per heavy atom. The van der Waals surface area contributed by atoms with Gasteiger partial charge in [0.25, 0.3) is 11.5 Å². The first-order valence-electron chi connectivity index (χ1n) is 8.51. The van der Waals surface area contributed by atoms with Crippen LogP contribution in [0.4, 0.5) is 5.69 Å². The molecule has 140 valence electrons. The van der Waals surface area contributed by atoms with Crippen molar-refractivity contribution >= 4 is 22.4 Å². The van der Waals surface area contributed by atoms with Crippen molar-refractivity contribution < 1.29 is 14.3 Å². The summed E-state index contributed by atoms with van der Waals surface area (Å²) in [6, 6.07) is 12.2. The predicted octanol–water partition coefficient (Wildman–Crippen LogP) is 2.71. The van der Waals surface area contributed by atoms with Crippen molar-refractivity contribution in [1.82, 2.24) is 9.78 Å². The minimum atomic E-state index is -0.319. The van der Waals surface area contributed by atoms with Crippen LogP contribution in [0.1, 0.15) is 17.4 Å². The zero-order chi connectivity index (χ0) is 19.6. The minimum absolute atomic E-state index is 0.210. The van der Waals surface area contributed by atoms with Gasteiger partial charge in [-0.1, -0.05) is 18.2 Å². The normalized spacial score (nSPS) is 10.7. The van der Waals surface area contributed by atoms with Crippen LogP contribution < -0.4 is 19.9 Å². The van der Waals surface area contributed by atoms with Crippen LogP contribution in [0.3, 0.4) is 0 Å². The second-order valence-corrected chi connectivity index (χ2v) is 5.92. The van der Waals surface area contributed by atoms with E-state index in [0.717, 1.165) is 0 Å². The molecule has 7 nitrogen and oxygen atoms in total. The van der Waals surface area contributed by atoms with Gasteiger partial charge in [0, 0.05) is 30.7 Å². The molecule has 0 bridgehead atoms. The summed E-state index contributed by atoms with van der Waals surface area (Å²) in [5, 5.41) is 5.30. The van der Waals surface area contributed by atoms with Crippen LogP contribution >= 0.6 is 0 Å². The zero-order valence-corrected chi connectivity index (χ0v) is 15.7. The molecule has 0 spiro atoms. The Morgan fingerprint density at radius 1 is 1.07 bits per heavy atom. The van der Waals surface area contributed by atoms with Crippen molar-refractivity contribution in [1.29, 1.82) is 0 Å². The van der Waals surface area contributed by atoms with Gasteiger partial charge in [-0.05, 0) is 25.1 Å². The van der Waals surface area contributed by atoms with Crippen molar-refractivity contribution in [2.75, 3.05) is 26.2 Å². The molecule has 0 saturated heterocycles. The quantitative estimate of drug-likeness (QED) is 0.693. The Morgan fingerprint density at radius 2 is 1.74 bits per heavy atom. The number of carbonyl (C=O) groups is 1. The van der Waals surface area contributed by atoms with Crippen LogP contribution in [-0.4, -0.2) is 37.0 Å². The molecule has 1 aromatic heterocycles. The van der Waals surface area contributed by atoms with Gasteiger partial charge in [0.2, 0.25) is 0 Å². The maximum atomic E-state index is 13.2. The average Bonchev–Trinajstić information content (AvgIpc) is 2.72. The largest absolute Gasteiger partial charge is 0.493 e. The van der Waals surface area contributed by atoms with Crippen molar-refractivity contribution in [3.05, 3.63) is 58.5 Å². The van der Waals surface area contributed by atoms with Gasteiger partial charge in [0.15, 0.2) is 17.2 Å². The molecule has 0 atom stereocenters. The number of aryl methyl sites for hydroxylation is 1. The molecule has 0 unspecified atom stereocenters. The molecule has 0 N–H and O–H groups in total. The van der Waals surface area contributed by atoms with Gasteiger partial charge in [-0.15, -0.1) is 0 Å². The maximum Gasteiger partial charge on any atom is 0.279 e. The third-order valence-corrected chi connectivity index (χ3v) is 4.43. The lowest BCUT2D eigenvalue weighted by atomic mass is 10.1. The summed E-state index contributed by atoms with van der Waals surface area (Å²) >= 11 is 0. The number of aromatic nitrogens is 2. The number of fused-ring (bicyclic) bond motifs is 1. The lowest BCUT2D eigenvalue weighted by molar-refractivity contribution is 0.0987. The number of amides is 1. The third-order valence-electron chi connectivity index (χ3n) is 4.43. The fraction of sp³-hybridized carbons (Fsp3) is 0.250. The molecule has 27 heavy (non-hydrogen) atoms. The van der Waals surface area contributed by atoms with Crippen molar-refractivity contribution in [2.24, 2.45) is 0 Å². The standard InChI is InChI=1S/C20H21N3O4/c1-5-23-19(24)15-9-7-6-8-14(15)18(21-23)20(25)22(2)13-10-11-16(26-3)17(12-13)27-4/h6-12H,5H2,1-4H3. The molecule has 2 aromatic carbocycles. The molecule has 0 aliphatic rings. The van der Waals surface area contributed by atoms with E-state index < -0.39 is 0 Å².